The van der Waals surface area contributed by atoms with E-state index in [1.165, 1.54) is 106 Å². The summed E-state index contributed by atoms with van der Waals surface area (Å²) in [4.78, 5) is 28.5. The van der Waals surface area contributed by atoms with E-state index in [-0.39, 0.29) is 37.2 Å². The third-order valence-electron chi connectivity index (χ3n) is 13.8. The molecule has 3 aromatic rings. The van der Waals surface area contributed by atoms with Crippen LogP contribution in [0.1, 0.15) is 27.7 Å². The molecule has 0 heterocycles. The Kier molecular flexibility index (Phi) is 20.9. The Morgan fingerprint density at radius 2 is 0.471 bits per heavy atom. The molecule has 17 heteroatoms. The number of hydrogen-bond acceptors (Lipinski definition) is 12. The van der Waals surface area contributed by atoms with Crippen LogP contribution in [-0.4, -0.2) is 177 Å². The van der Waals surface area contributed by atoms with Gasteiger partial charge in [0.1, 0.15) is 0 Å². The van der Waals surface area contributed by atoms with E-state index >= 15 is 0 Å². The normalized spacial score (nSPS) is 13.0. The number of halogens is 3. The van der Waals surface area contributed by atoms with Crippen LogP contribution in [0.3, 0.4) is 0 Å². The Labute approximate surface area is 446 Å². The van der Waals surface area contributed by atoms with E-state index in [1.807, 2.05) is 0 Å². The first-order chi connectivity index (χ1) is 29.8. The summed E-state index contributed by atoms with van der Waals surface area (Å²) in [6.07, 6.45) is 0. The SMILES string of the molecule is CC1=C(C)[C]([Ti+3])([Si](c2c(N(C)C)cc(N(C)C)c(N(C)C)c2N(C)C)(c2c(N(C)C)cc(N(C)C)c(N(C)C)c2N(C)C)c2c(N(C)C)cc(N(C)C)c(N(C)C)c2N(C)C)C(C)=C1C.[Cl-].[Cl-].[Cl-]. The molecule has 1 aliphatic rings. The van der Waals surface area contributed by atoms with Gasteiger partial charge in [-0.2, -0.15) is 0 Å². The summed E-state index contributed by atoms with van der Waals surface area (Å²) in [5, 5.41) is 4.15. The molecule has 0 radical (unpaired) electrons. The molecular formula is C51H87Cl3N12SiTi. The van der Waals surface area contributed by atoms with E-state index in [9.17, 15) is 0 Å². The predicted octanol–water partition coefficient (Wildman–Crippen LogP) is -3.11. The maximum atomic E-state index is 2.64. The third kappa shape index (κ3) is 9.79. The second-order valence-electron chi connectivity index (χ2n) is 20.7. The van der Waals surface area contributed by atoms with Crippen molar-refractivity contribution in [2.24, 2.45) is 0 Å². The minimum absolute atomic E-state index is 0. The Hall–Kier alpha value is -3.46. The number of anilines is 12. The van der Waals surface area contributed by atoms with E-state index in [1.54, 1.807) is 0 Å². The molecule has 12 nitrogen and oxygen atoms in total. The summed E-state index contributed by atoms with van der Waals surface area (Å²) >= 11 is 2.64. The van der Waals surface area contributed by atoms with Crippen molar-refractivity contribution < 1.29 is 57.7 Å². The molecule has 0 aliphatic heterocycles. The van der Waals surface area contributed by atoms with E-state index in [4.69, 9.17) is 0 Å². The van der Waals surface area contributed by atoms with Crippen molar-refractivity contribution in [2.45, 2.75) is 31.0 Å². The molecule has 0 fully saturated rings. The van der Waals surface area contributed by atoms with E-state index < -0.39 is 11.4 Å². The zero-order valence-electron chi connectivity index (χ0n) is 47.2. The summed E-state index contributed by atoms with van der Waals surface area (Å²) in [6.45, 7) is 9.66. The van der Waals surface area contributed by atoms with Crippen molar-refractivity contribution in [3.8, 4) is 0 Å². The minimum Gasteiger partial charge on any atom is -1.00 e. The fraction of sp³-hybridized carbons (Fsp3) is 0.569. The monoisotopic (exact) mass is 1050 g/mol. The summed E-state index contributed by atoms with van der Waals surface area (Å²) in [7, 11) is 49.7. The molecule has 0 N–H and O–H groups in total. The van der Waals surface area contributed by atoms with E-state index in [0.717, 1.165) is 0 Å². The van der Waals surface area contributed by atoms with Crippen LogP contribution in [0.2, 0.25) is 3.34 Å². The summed E-state index contributed by atoms with van der Waals surface area (Å²) < 4.78 is -0.530. The zero-order valence-corrected chi connectivity index (χ0v) is 52.1. The molecule has 0 saturated heterocycles. The fourth-order valence-corrected chi connectivity index (χ4v) is 20.5. The third-order valence-corrected chi connectivity index (χ3v) is 22.3. The average molecular weight is 1050 g/mol. The van der Waals surface area contributed by atoms with Gasteiger partial charge in [0.05, 0.1) is 0 Å². The van der Waals surface area contributed by atoms with Crippen molar-refractivity contribution >= 4 is 91.9 Å². The molecular weight excluding hydrogens is 963 g/mol. The van der Waals surface area contributed by atoms with Gasteiger partial charge in [-0.15, -0.1) is 0 Å². The fourth-order valence-electron chi connectivity index (χ4n) is 10.6. The Bertz CT molecular complexity index is 2120. The van der Waals surface area contributed by atoms with Crippen LogP contribution in [0.25, 0.3) is 0 Å². The Morgan fingerprint density at radius 3 is 0.618 bits per heavy atom. The second kappa shape index (κ2) is 22.7. The van der Waals surface area contributed by atoms with Crippen molar-refractivity contribution in [2.75, 3.05) is 228 Å². The number of nitrogens with zero attached hydrogens (tertiary/aromatic N) is 12. The van der Waals surface area contributed by atoms with Crippen LogP contribution < -0.4 is 112 Å². The molecule has 380 valence electrons. The molecule has 4 rings (SSSR count). The van der Waals surface area contributed by atoms with Gasteiger partial charge in [-0.05, 0) is 0 Å². The topological polar surface area (TPSA) is 38.9 Å². The van der Waals surface area contributed by atoms with E-state index in [0.29, 0.717) is 0 Å². The zero-order chi connectivity index (χ0) is 50.0. The number of hydrogen-bond donors (Lipinski definition) is 0. The van der Waals surface area contributed by atoms with Crippen molar-refractivity contribution in [3.63, 3.8) is 0 Å². The van der Waals surface area contributed by atoms with Crippen molar-refractivity contribution in [3.05, 3.63) is 40.5 Å². The molecule has 0 saturated carbocycles. The van der Waals surface area contributed by atoms with Gasteiger partial charge >= 0.3 is 412 Å². The van der Waals surface area contributed by atoms with Crippen molar-refractivity contribution in [1.29, 1.82) is 0 Å². The largest absolute Gasteiger partial charge is 1.00 e. The molecule has 68 heavy (non-hydrogen) atoms. The van der Waals surface area contributed by atoms with Crippen molar-refractivity contribution in [1.82, 2.24) is 0 Å². The number of benzene rings is 3. The Morgan fingerprint density at radius 1 is 0.294 bits per heavy atom. The predicted molar refractivity (Wildman–Crippen MR) is 295 cm³/mol. The van der Waals surface area contributed by atoms with Gasteiger partial charge in [0.15, 0.2) is 0 Å². The molecule has 0 bridgehead atoms. The van der Waals surface area contributed by atoms with Gasteiger partial charge in [-0.3, -0.25) is 0 Å². The first kappa shape index (κ1) is 62.6. The summed E-state index contributed by atoms with van der Waals surface area (Å²) in [5.41, 5.74) is 20.1. The van der Waals surface area contributed by atoms with Crippen LogP contribution >= 0.6 is 0 Å². The van der Waals surface area contributed by atoms with Gasteiger partial charge in [0.25, 0.3) is 0 Å². The molecule has 0 aromatic heterocycles. The number of rotatable bonds is 16. The van der Waals surface area contributed by atoms with Gasteiger partial charge in [-0.25, -0.2) is 0 Å². The van der Waals surface area contributed by atoms with Gasteiger partial charge < -0.3 is 37.2 Å². The maximum Gasteiger partial charge on any atom is -1.00 e. The quantitative estimate of drug-likeness (QED) is 0.108. The molecule has 3 aromatic carbocycles. The molecule has 0 spiro atoms. The van der Waals surface area contributed by atoms with Crippen LogP contribution in [0.15, 0.2) is 40.5 Å². The van der Waals surface area contributed by atoms with Gasteiger partial charge in [0.2, 0.25) is 0 Å². The minimum atomic E-state index is -3.87. The molecule has 0 amide bonds. The van der Waals surface area contributed by atoms with Crippen LogP contribution in [0.4, 0.5) is 68.2 Å². The van der Waals surface area contributed by atoms with E-state index in [2.05, 4.69) is 294 Å². The van der Waals surface area contributed by atoms with Crippen LogP contribution in [-0.2, 0) is 20.4 Å². The van der Waals surface area contributed by atoms with Crippen LogP contribution in [0.5, 0.6) is 0 Å². The van der Waals surface area contributed by atoms with Gasteiger partial charge in [0, 0.05) is 0 Å². The first-order valence-corrected chi connectivity index (χ1v) is 25.4. The Balaban J connectivity index is 0.00000771. The summed E-state index contributed by atoms with van der Waals surface area (Å²) in [6, 6.07) is 7.48. The smallest absolute Gasteiger partial charge is 1.00 e. The molecule has 1 aliphatic carbocycles. The van der Waals surface area contributed by atoms with Gasteiger partial charge in [-0.1, -0.05) is 0 Å². The standard InChI is InChI=1S/C51H87N12Si.3ClH.Ti/c1-32-33(2)35(4)48(34(32)3)64(49-39(55(11)12)29-36(52(5)6)42(58(17)18)45(49)61(23)24,50-40(56(13)14)30-37(53(7)8)43(59(19)20)46(50)62(25)26)51-41(57(15)16)31-38(54(9)10)44(60(21)22)47(51)63(27)28;;;;/h29-31H,1-28H3;3*1H;/q;;;;+3/p-3. The second-order valence-corrected chi connectivity index (χ2v) is 26.4. The molecule has 0 atom stereocenters. The maximum absolute atomic E-state index is 3.87. The summed E-state index contributed by atoms with van der Waals surface area (Å²) in [5.74, 6) is 0. The van der Waals surface area contributed by atoms with Crippen LogP contribution in [0, 0.1) is 0 Å². The average Bonchev–Trinajstić information content (AvgIpc) is 3.34. The number of allylic oxidation sites excluding steroid dienone is 4. The first-order valence-electron chi connectivity index (χ1n) is 22.6. The molecule has 0 unspecified atom stereocenters.